The lowest BCUT2D eigenvalue weighted by molar-refractivity contribution is 0.436. The van der Waals surface area contributed by atoms with Crippen LogP contribution < -0.4 is 0 Å². The predicted molar refractivity (Wildman–Crippen MR) is 235 cm³/mol. The molecule has 0 N–H and O–H groups in total. The van der Waals surface area contributed by atoms with Crippen LogP contribution >= 0.6 is 46.4 Å². The Bertz CT molecular complexity index is 2110. The molecule has 0 bridgehead atoms. The van der Waals surface area contributed by atoms with Crippen molar-refractivity contribution in [1.29, 1.82) is 0 Å². The first kappa shape index (κ1) is 57.7. The Balaban J connectivity index is 0.000000384. The number of hydrogen-bond acceptors (Lipinski definition) is 0. The van der Waals surface area contributed by atoms with E-state index >= 15 is 0 Å². The van der Waals surface area contributed by atoms with Gasteiger partial charge in [-0.1, -0.05) is 46.4 Å². The summed E-state index contributed by atoms with van der Waals surface area (Å²) in [6, 6.07) is 11.4. The summed E-state index contributed by atoms with van der Waals surface area (Å²) >= 11 is 22.9. The van der Waals surface area contributed by atoms with Gasteiger partial charge in [-0.2, -0.15) is 0 Å². The summed E-state index contributed by atoms with van der Waals surface area (Å²) in [7, 11) is 0. The van der Waals surface area contributed by atoms with Gasteiger partial charge in [0.2, 0.25) is 0 Å². The Morgan fingerprint density at radius 1 is 0.234 bits per heavy atom. The molecular formula is C48H44Cl4F12. The number of hydrogen-bond donors (Lipinski definition) is 0. The molecule has 6 aromatic carbocycles. The van der Waals surface area contributed by atoms with Gasteiger partial charge in [0.05, 0.1) is 5.02 Å². The van der Waals surface area contributed by atoms with Gasteiger partial charge in [-0.25, -0.2) is 52.7 Å². The SMILES string of the molecule is Cc1c(F)c(F)c(C)c(F)c1F.Cc1cc(Cl)c(C)cc1Cl.Cc1cc(Cl)c(C)cc1F.Cc1cc(F)c(C)c(F)c1Cl.Cc1cc(F)c(C)c(F)c1F.Cc1cc(F)c(C)cc1F. The van der Waals surface area contributed by atoms with Crippen molar-refractivity contribution in [3.05, 3.63) is 205 Å². The van der Waals surface area contributed by atoms with E-state index in [1.54, 1.807) is 26.8 Å². The van der Waals surface area contributed by atoms with Gasteiger partial charge in [-0.05, 0) is 176 Å². The van der Waals surface area contributed by atoms with Crippen molar-refractivity contribution < 1.29 is 52.7 Å². The second-order valence-electron chi connectivity index (χ2n) is 14.4. The van der Waals surface area contributed by atoms with Crippen LogP contribution in [0.5, 0.6) is 0 Å². The van der Waals surface area contributed by atoms with Gasteiger partial charge in [0.15, 0.2) is 34.9 Å². The van der Waals surface area contributed by atoms with Crippen LogP contribution in [0.4, 0.5) is 52.7 Å². The lowest BCUT2D eigenvalue weighted by Crippen LogP contribution is -2.02. The second kappa shape index (κ2) is 25.4. The molecule has 16 heteroatoms. The predicted octanol–water partition coefficient (Wildman–Crippen LogP) is 18.1. The van der Waals surface area contributed by atoms with Crippen molar-refractivity contribution in [2.24, 2.45) is 0 Å². The van der Waals surface area contributed by atoms with Crippen molar-refractivity contribution in [2.45, 2.75) is 83.1 Å². The Morgan fingerprint density at radius 2 is 0.469 bits per heavy atom. The van der Waals surface area contributed by atoms with Gasteiger partial charge >= 0.3 is 0 Å². The summed E-state index contributed by atoms with van der Waals surface area (Å²) < 4.78 is 152. The van der Waals surface area contributed by atoms with Crippen LogP contribution in [0.3, 0.4) is 0 Å². The maximum Gasteiger partial charge on any atom is 0.165 e. The van der Waals surface area contributed by atoms with Crippen LogP contribution in [-0.2, 0) is 0 Å². The Kier molecular flexibility index (Phi) is 22.9. The van der Waals surface area contributed by atoms with E-state index in [-0.39, 0.29) is 39.2 Å². The summed E-state index contributed by atoms with van der Waals surface area (Å²) in [6.07, 6.45) is 0. The van der Waals surface area contributed by atoms with Crippen molar-refractivity contribution >= 4 is 46.4 Å². The van der Waals surface area contributed by atoms with E-state index in [1.165, 1.54) is 58.9 Å². The van der Waals surface area contributed by atoms with Gasteiger partial charge in [-0.3, -0.25) is 0 Å². The highest BCUT2D eigenvalue weighted by atomic mass is 35.5. The molecule has 0 radical (unpaired) electrons. The molecular weight excluding hydrogens is 946 g/mol. The average Bonchev–Trinajstić information content (AvgIpc) is 3.23. The van der Waals surface area contributed by atoms with E-state index < -0.39 is 63.5 Å². The molecule has 348 valence electrons. The van der Waals surface area contributed by atoms with Crippen molar-refractivity contribution in [1.82, 2.24) is 0 Å². The molecule has 0 unspecified atom stereocenters. The molecule has 0 atom stereocenters. The van der Waals surface area contributed by atoms with E-state index in [0.717, 1.165) is 46.6 Å². The highest BCUT2D eigenvalue weighted by Crippen LogP contribution is 2.26. The normalized spacial score (nSPS) is 10.2. The minimum atomic E-state index is -1.33. The van der Waals surface area contributed by atoms with Gasteiger partial charge in [0.25, 0.3) is 0 Å². The summed E-state index contributed by atoms with van der Waals surface area (Å²) in [4.78, 5) is 0. The van der Waals surface area contributed by atoms with E-state index in [0.29, 0.717) is 27.3 Å². The molecule has 6 aromatic rings. The average molecular weight is 991 g/mol. The van der Waals surface area contributed by atoms with Crippen molar-refractivity contribution in [3.63, 3.8) is 0 Å². The largest absolute Gasteiger partial charge is 0.207 e. The summed E-state index contributed by atoms with van der Waals surface area (Å²) in [5.74, 6) is -10.2. The molecule has 0 saturated carbocycles. The molecule has 0 aromatic heterocycles. The Hall–Kier alpha value is -4.36. The first-order valence-electron chi connectivity index (χ1n) is 18.6. The molecule has 0 amide bonds. The van der Waals surface area contributed by atoms with Crippen LogP contribution in [-0.4, -0.2) is 0 Å². The third kappa shape index (κ3) is 16.0. The molecule has 0 aliphatic rings. The molecule has 0 saturated heterocycles. The minimum absolute atomic E-state index is 0.00361. The quantitative estimate of drug-likeness (QED) is 0.105. The van der Waals surface area contributed by atoms with Crippen LogP contribution in [0.25, 0.3) is 0 Å². The van der Waals surface area contributed by atoms with Crippen molar-refractivity contribution in [2.75, 3.05) is 0 Å². The fourth-order valence-electron chi connectivity index (χ4n) is 4.70. The van der Waals surface area contributed by atoms with E-state index in [4.69, 9.17) is 46.4 Å². The molecule has 0 nitrogen and oxygen atoms in total. The summed E-state index contributed by atoms with van der Waals surface area (Å²) in [5.41, 5.74) is 2.99. The third-order valence-corrected chi connectivity index (χ3v) is 10.8. The number of aryl methyl sites for hydroxylation is 8. The molecule has 0 aliphatic carbocycles. The maximum atomic E-state index is 12.9. The number of rotatable bonds is 0. The monoisotopic (exact) mass is 988 g/mol. The van der Waals surface area contributed by atoms with Gasteiger partial charge in [0, 0.05) is 37.3 Å². The van der Waals surface area contributed by atoms with Gasteiger partial charge in [0.1, 0.15) is 34.9 Å². The molecule has 0 heterocycles. The summed E-state index contributed by atoms with van der Waals surface area (Å²) in [6.45, 7) is 17.8. The van der Waals surface area contributed by atoms with Crippen LogP contribution in [0.2, 0.25) is 20.1 Å². The second-order valence-corrected chi connectivity index (χ2v) is 16.0. The molecule has 0 aliphatic heterocycles. The fraction of sp³-hybridized carbons (Fsp3) is 0.250. The van der Waals surface area contributed by atoms with Crippen LogP contribution in [0.15, 0.2) is 48.5 Å². The fourth-order valence-corrected chi connectivity index (χ4v) is 5.55. The highest BCUT2D eigenvalue weighted by Gasteiger charge is 2.19. The smallest absolute Gasteiger partial charge is 0.165 e. The topological polar surface area (TPSA) is 0 Å². The first-order valence-corrected chi connectivity index (χ1v) is 20.2. The zero-order chi connectivity index (χ0) is 49.8. The van der Waals surface area contributed by atoms with Crippen molar-refractivity contribution in [3.8, 4) is 0 Å². The molecule has 0 spiro atoms. The van der Waals surface area contributed by atoms with E-state index in [1.807, 2.05) is 26.0 Å². The van der Waals surface area contributed by atoms with E-state index in [9.17, 15) is 52.7 Å². The molecule has 0 fully saturated rings. The van der Waals surface area contributed by atoms with E-state index in [2.05, 4.69) is 0 Å². The summed E-state index contributed by atoms with van der Waals surface area (Å²) in [5, 5.41) is 2.19. The number of benzene rings is 6. The first-order chi connectivity index (χ1) is 29.4. The third-order valence-electron chi connectivity index (χ3n) is 9.16. The zero-order valence-corrected chi connectivity index (χ0v) is 39.7. The Morgan fingerprint density at radius 3 is 0.812 bits per heavy atom. The molecule has 6 rings (SSSR count). The number of halogens is 16. The Labute approximate surface area is 385 Å². The van der Waals surface area contributed by atoms with Gasteiger partial charge < -0.3 is 0 Å². The standard InChI is InChI=1S/C8H8Cl2.C8H7ClF2.C8H8ClF.C8H6F4.C8H7F3.C8H8F2/c1-5-3-8(10)6(2)4-7(5)9;1-4-3-6(10)5(2)8(11)7(4)9;1-5-4-8(10)6(2)3-7(5)9;1-3-5(9)7(11)4(2)8(12)6(3)10;1-4-3-6(9)5(2)8(11)7(4)10;1-5-3-8(10)6(2)4-7(5)9/h3-4H,1-2H3;3H,1-2H3;3-4H,1-2H3;1-2H3;3H,1-2H3;3-4H,1-2H3. The lowest BCUT2D eigenvalue weighted by atomic mass is 10.1. The van der Waals surface area contributed by atoms with Crippen LogP contribution in [0.1, 0.15) is 66.8 Å². The minimum Gasteiger partial charge on any atom is -0.207 e. The molecule has 64 heavy (non-hydrogen) atoms. The van der Waals surface area contributed by atoms with Gasteiger partial charge in [-0.15, -0.1) is 0 Å². The zero-order valence-electron chi connectivity index (χ0n) is 36.7. The lowest BCUT2D eigenvalue weighted by Gasteiger charge is -2.04. The maximum absolute atomic E-state index is 12.9. The highest BCUT2D eigenvalue weighted by molar-refractivity contribution is 6.34. The van der Waals surface area contributed by atoms with Crippen LogP contribution in [0, 0.1) is 153 Å².